The van der Waals surface area contributed by atoms with Crippen LogP contribution < -0.4 is 28.0 Å². The Morgan fingerprint density at radius 3 is 1.41 bits per heavy atom. The highest BCUT2D eigenvalue weighted by Crippen LogP contribution is 2.44. The highest BCUT2D eigenvalue weighted by atomic mass is 35.7. The van der Waals surface area contributed by atoms with Gasteiger partial charge in [0.05, 0.1) is 0 Å². The van der Waals surface area contributed by atoms with Crippen LogP contribution in [0.4, 0.5) is 0 Å². The van der Waals surface area contributed by atoms with Crippen molar-refractivity contribution in [3.63, 3.8) is 0 Å². The molecule has 2 aromatic carbocycles. The van der Waals surface area contributed by atoms with Gasteiger partial charge in [-0.3, -0.25) is 0 Å². The molecular formula is C12H6Cl2O8. The van der Waals surface area contributed by atoms with Gasteiger partial charge in [-0.25, -0.2) is 0 Å². The molecule has 0 N–H and O–H groups in total. The molecular weight excluding hydrogens is 343 g/mol. The molecule has 116 valence electrons. The fourth-order valence-electron chi connectivity index (χ4n) is 2.31. The second-order valence-corrected chi connectivity index (χ2v) is 6.10. The fourth-order valence-corrected chi connectivity index (χ4v) is 2.99. The van der Waals surface area contributed by atoms with Crippen LogP contribution in [0.1, 0.15) is 11.1 Å². The van der Waals surface area contributed by atoms with Crippen molar-refractivity contribution in [2.24, 2.45) is 0 Å². The number of hydrogen-bond donors (Lipinski definition) is 0. The first kappa shape index (κ1) is 15.3. The summed E-state index contributed by atoms with van der Waals surface area (Å²) in [6, 6.07) is 9.27. The van der Waals surface area contributed by atoms with Gasteiger partial charge in [-0.15, -0.1) is 0 Å². The Morgan fingerprint density at radius 1 is 0.636 bits per heavy atom. The van der Waals surface area contributed by atoms with E-state index in [1.165, 1.54) is 12.1 Å². The molecule has 2 aromatic rings. The molecule has 0 heterocycles. The third-order valence-corrected chi connectivity index (χ3v) is 3.63. The quantitative estimate of drug-likeness (QED) is 0.538. The van der Waals surface area contributed by atoms with Crippen LogP contribution in [0.3, 0.4) is 0 Å². The van der Waals surface area contributed by atoms with Crippen LogP contribution in [0.25, 0.3) is 22.3 Å². The smallest absolute Gasteiger partial charge is 0.167 e. The van der Waals surface area contributed by atoms with Crippen molar-refractivity contribution in [3.05, 3.63) is 47.5 Å². The molecule has 0 saturated heterocycles. The van der Waals surface area contributed by atoms with Gasteiger partial charge in [0.15, 0.2) is 0 Å². The molecule has 10 heteroatoms. The van der Waals surface area contributed by atoms with E-state index in [0.29, 0.717) is 10.8 Å². The summed E-state index contributed by atoms with van der Waals surface area (Å²) in [6.45, 7) is 0. The van der Waals surface area contributed by atoms with E-state index >= 15 is 0 Å². The molecule has 0 atom stereocenters. The first-order valence-corrected chi connectivity index (χ1v) is 8.10. The summed E-state index contributed by atoms with van der Waals surface area (Å²) in [5.41, 5.74) is 0.266. The van der Waals surface area contributed by atoms with Crippen LogP contribution >= 0.6 is 0 Å². The molecule has 0 bridgehead atoms. The average Bonchev–Trinajstić information content (AvgIpc) is 2.64. The third kappa shape index (κ3) is 2.82. The SMILES string of the molecule is [O-][Cl+3]([O-])([O-])OC1=C(O[Cl+3]([O-])([O-])[O-])c2cccc3cccc1c23. The number of hydrogen-bond acceptors (Lipinski definition) is 8. The molecule has 0 radical (unpaired) electrons. The van der Waals surface area contributed by atoms with E-state index < -0.39 is 32.0 Å². The molecule has 1 aliphatic carbocycles. The van der Waals surface area contributed by atoms with Crippen LogP contribution in [-0.2, 0) is 8.58 Å². The molecule has 1 aliphatic rings. The zero-order valence-electron chi connectivity index (χ0n) is 10.5. The zero-order valence-corrected chi connectivity index (χ0v) is 12.0. The number of halogens is 2. The van der Waals surface area contributed by atoms with Crippen molar-refractivity contribution in [2.45, 2.75) is 0 Å². The summed E-state index contributed by atoms with van der Waals surface area (Å²) >= 11 is 0. The largest absolute Gasteiger partial charge is 0.355 e. The van der Waals surface area contributed by atoms with Crippen molar-refractivity contribution in [1.82, 2.24) is 0 Å². The Hall–Kier alpha value is -1.62. The lowest BCUT2D eigenvalue weighted by molar-refractivity contribution is -1.92. The third-order valence-electron chi connectivity index (χ3n) is 2.94. The van der Waals surface area contributed by atoms with Gasteiger partial charge >= 0.3 is 11.5 Å². The van der Waals surface area contributed by atoms with Gasteiger partial charge in [0.2, 0.25) is 0 Å². The summed E-state index contributed by atoms with van der Waals surface area (Å²) in [7, 11) is -9.81. The van der Waals surface area contributed by atoms with Crippen molar-refractivity contribution in [2.75, 3.05) is 0 Å². The molecule has 0 fully saturated rings. The predicted molar refractivity (Wildman–Crippen MR) is 52.9 cm³/mol. The summed E-state index contributed by atoms with van der Waals surface area (Å²) in [6.07, 6.45) is 0. The molecule has 8 nitrogen and oxygen atoms in total. The standard InChI is InChI=1S/C12H6Cl2O8/c15-13(16,17)21-11-8-5-1-3-7-4-2-6-9(10(7)8)12(11)22-14(18,19)20/h1-6H. The number of rotatable bonds is 4. The van der Waals surface area contributed by atoms with Gasteiger partial charge in [-0.2, -0.15) is 28.0 Å². The second kappa shape index (κ2) is 4.95. The minimum absolute atomic E-state index is 0.133. The minimum Gasteiger partial charge on any atom is -0.167 e. The molecule has 0 unspecified atom stereocenters. The van der Waals surface area contributed by atoms with E-state index in [9.17, 15) is 28.0 Å². The maximum Gasteiger partial charge on any atom is 0.355 e. The van der Waals surface area contributed by atoms with Gasteiger partial charge in [0.1, 0.15) is 20.5 Å². The molecule has 3 rings (SSSR count). The lowest BCUT2D eigenvalue weighted by Crippen LogP contribution is -2.61. The van der Waals surface area contributed by atoms with E-state index in [4.69, 9.17) is 0 Å². The Balaban J connectivity index is 2.24. The first-order chi connectivity index (χ1) is 10.2. The first-order valence-electron chi connectivity index (χ1n) is 5.63. The van der Waals surface area contributed by atoms with Crippen molar-refractivity contribution >= 4 is 22.3 Å². The lowest BCUT2D eigenvalue weighted by atomic mass is 10.0. The molecule has 0 aromatic heterocycles. The van der Waals surface area contributed by atoms with Crippen LogP contribution in [-0.4, -0.2) is 0 Å². The van der Waals surface area contributed by atoms with E-state index in [2.05, 4.69) is 8.58 Å². The molecule has 22 heavy (non-hydrogen) atoms. The highest BCUT2D eigenvalue weighted by molar-refractivity contribution is 6.10. The van der Waals surface area contributed by atoms with Crippen LogP contribution in [0.15, 0.2) is 36.4 Å². The average molecular weight is 349 g/mol. The molecule has 0 amide bonds. The van der Waals surface area contributed by atoms with Gasteiger partial charge in [0.25, 0.3) is 0 Å². The monoisotopic (exact) mass is 348 g/mol. The summed E-state index contributed by atoms with van der Waals surface area (Å²) < 4.78 is 73.6. The highest BCUT2D eigenvalue weighted by Gasteiger charge is 2.43. The van der Waals surface area contributed by atoms with Crippen molar-refractivity contribution in [3.8, 4) is 0 Å². The summed E-state index contributed by atoms with van der Waals surface area (Å²) in [5, 5.41) is 1.03. The molecule has 0 saturated carbocycles. The Labute approximate surface area is 127 Å². The van der Waals surface area contributed by atoms with E-state index in [-0.39, 0.29) is 11.1 Å². The lowest BCUT2D eigenvalue weighted by Gasteiger charge is -2.15. The molecule has 0 spiro atoms. The van der Waals surface area contributed by atoms with Crippen molar-refractivity contribution < 1.29 is 57.0 Å². The van der Waals surface area contributed by atoms with Gasteiger partial charge in [-0.05, 0) is 17.5 Å². The Morgan fingerprint density at radius 2 is 1.05 bits per heavy atom. The minimum atomic E-state index is -4.91. The topological polar surface area (TPSA) is 157 Å². The van der Waals surface area contributed by atoms with E-state index in [1.54, 1.807) is 24.3 Å². The maximum absolute atomic E-state index is 10.8. The normalized spacial score (nSPS) is 14.6. The van der Waals surface area contributed by atoms with Gasteiger partial charge in [-0.1, -0.05) is 32.8 Å². The van der Waals surface area contributed by atoms with Crippen LogP contribution in [0.5, 0.6) is 0 Å². The van der Waals surface area contributed by atoms with Gasteiger partial charge < -0.3 is 0 Å². The Kier molecular flexibility index (Phi) is 3.44. The summed E-state index contributed by atoms with van der Waals surface area (Å²) in [5.74, 6) is -1.29. The summed E-state index contributed by atoms with van der Waals surface area (Å²) in [4.78, 5) is 0. The predicted octanol–water partition coefficient (Wildman–Crippen LogP) is -4.19. The van der Waals surface area contributed by atoms with E-state index in [0.717, 1.165) is 0 Å². The number of benzene rings is 2. The van der Waals surface area contributed by atoms with E-state index in [1.807, 2.05) is 0 Å². The Bertz CT molecular complexity index is 714. The second-order valence-electron chi connectivity index (χ2n) is 4.28. The molecule has 0 aliphatic heterocycles. The van der Waals surface area contributed by atoms with Crippen LogP contribution in [0, 0.1) is 20.5 Å². The van der Waals surface area contributed by atoms with Crippen LogP contribution in [0.2, 0.25) is 0 Å². The van der Waals surface area contributed by atoms with Crippen molar-refractivity contribution in [1.29, 1.82) is 0 Å². The maximum atomic E-state index is 10.8. The fraction of sp³-hybridized carbons (Fsp3) is 0. The zero-order chi connectivity index (χ0) is 16.1. The van der Waals surface area contributed by atoms with Gasteiger partial charge in [0, 0.05) is 16.5 Å².